The van der Waals surface area contributed by atoms with Crippen molar-refractivity contribution in [1.29, 1.82) is 0 Å². The fraction of sp³-hybridized carbons (Fsp3) is 0.419. The number of carbonyl (C=O) groups excluding carboxylic acids is 1. The first-order valence-corrected chi connectivity index (χ1v) is 14.5. The van der Waals surface area contributed by atoms with Crippen LogP contribution >= 0.6 is 15.9 Å². The third-order valence-electron chi connectivity index (χ3n) is 9.55. The van der Waals surface area contributed by atoms with E-state index in [1.54, 1.807) is 6.20 Å². The Bertz CT molecular complexity index is 1400. The molecule has 0 spiro atoms. The molecule has 8 heteroatoms. The van der Waals surface area contributed by atoms with Crippen LogP contribution in [-0.2, 0) is 16.0 Å². The van der Waals surface area contributed by atoms with E-state index in [2.05, 4.69) is 20.9 Å². The second-order valence-electron chi connectivity index (χ2n) is 11.2. The van der Waals surface area contributed by atoms with Crippen molar-refractivity contribution >= 4 is 21.8 Å². The minimum atomic E-state index is -1.99. The van der Waals surface area contributed by atoms with Crippen LogP contribution in [0, 0.1) is 5.92 Å². The molecule has 1 aliphatic carbocycles. The zero-order valence-electron chi connectivity index (χ0n) is 21.7. The van der Waals surface area contributed by atoms with Gasteiger partial charge in [0, 0.05) is 22.5 Å². The highest BCUT2D eigenvalue weighted by molar-refractivity contribution is 9.10. The summed E-state index contributed by atoms with van der Waals surface area (Å²) in [5.41, 5.74) is -1.69. The van der Waals surface area contributed by atoms with Crippen molar-refractivity contribution in [2.24, 2.45) is 5.92 Å². The summed E-state index contributed by atoms with van der Waals surface area (Å²) in [6.07, 6.45) is 6.63. The molecule has 202 valence electrons. The highest BCUT2D eigenvalue weighted by atomic mass is 79.9. The van der Waals surface area contributed by atoms with Crippen LogP contribution in [0.25, 0.3) is 0 Å². The molecule has 7 rings (SSSR count). The van der Waals surface area contributed by atoms with E-state index in [4.69, 9.17) is 9.47 Å². The Labute approximate surface area is 235 Å². The molecule has 3 aliphatic heterocycles. The SMILES string of the molecule is COc1cncc2c1[C@]1(O)[C@H](O)[C@H](C(=O)N3[C@@H]4CCC[C@H]3CC4)[C@@H](c3ccccc3)[C@]1(c1ccc(Br)cc1)O2. The smallest absolute Gasteiger partial charge is 0.229 e. The van der Waals surface area contributed by atoms with Crippen molar-refractivity contribution in [2.45, 2.75) is 67.4 Å². The molecule has 4 aliphatic rings. The summed E-state index contributed by atoms with van der Waals surface area (Å²) in [4.78, 5) is 21.0. The second kappa shape index (κ2) is 9.04. The zero-order chi connectivity index (χ0) is 26.9. The molecule has 2 bridgehead atoms. The first kappa shape index (κ1) is 25.1. The van der Waals surface area contributed by atoms with Gasteiger partial charge >= 0.3 is 0 Å². The third-order valence-corrected chi connectivity index (χ3v) is 10.1. The number of ether oxygens (including phenoxy) is 2. The Balaban J connectivity index is 1.50. The van der Waals surface area contributed by atoms with Crippen molar-refractivity contribution in [3.8, 4) is 11.5 Å². The summed E-state index contributed by atoms with van der Waals surface area (Å²) in [6.45, 7) is 0. The number of nitrogens with zero attached hydrogens (tertiary/aromatic N) is 2. The van der Waals surface area contributed by atoms with Gasteiger partial charge in [-0.25, -0.2) is 0 Å². The monoisotopic (exact) mass is 590 g/mol. The number of pyridine rings is 1. The molecular weight excluding hydrogens is 560 g/mol. The van der Waals surface area contributed by atoms with Crippen LogP contribution in [0.5, 0.6) is 11.5 Å². The van der Waals surface area contributed by atoms with Gasteiger partial charge in [-0.05, 0) is 55.4 Å². The van der Waals surface area contributed by atoms with Crippen LogP contribution in [0.3, 0.4) is 0 Å². The lowest BCUT2D eigenvalue weighted by atomic mass is 9.70. The fourth-order valence-corrected chi connectivity index (χ4v) is 8.28. The predicted molar refractivity (Wildman–Crippen MR) is 147 cm³/mol. The van der Waals surface area contributed by atoms with Crippen LogP contribution < -0.4 is 9.47 Å². The second-order valence-corrected chi connectivity index (χ2v) is 12.2. The lowest BCUT2D eigenvalue weighted by molar-refractivity contribution is -0.158. The molecule has 3 fully saturated rings. The van der Waals surface area contributed by atoms with E-state index in [0.717, 1.165) is 42.1 Å². The van der Waals surface area contributed by atoms with Gasteiger partial charge in [-0.2, -0.15) is 0 Å². The van der Waals surface area contributed by atoms with E-state index in [-0.39, 0.29) is 18.0 Å². The Morgan fingerprint density at radius 2 is 1.74 bits per heavy atom. The molecule has 7 nitrogen and oxygen atoms in total. The van der Waals surface area contributed by atoms with Crippen molar-refractivity contribution in [1.82, 2.24) is 9.88 Å². The molecule has 0 radical (unpaired) electrons. The maximum Gasteiger partial charge on any atom is 0.229 e. The number of carbonyl (C=O) groups is 1. The number of benzene rings is 2. The summed E-state index contributed by atoms with van der Waals surface area (Å²) < 4.78 is 13.4. The van der Waals surface area contributed by atoms with E-state index in [1.165, 1.54) is 13.3 Å². The molecule has 2 saturated heterocycles. The molecule has 7 atom stereocenters. The number of fused-ring (bicyclic) bond motifs is 5. The lowest BCUT2D eigenvalue weighted by Gasteiger charge is -2.41. The van der Waals surface area contributed by atoms with E-state index in [9.17, 15) is 15.0 Å². The van der Waals surface area contributed by atoms with Gasteiger partial charge in [-0.15, -0.1) is 0 Å². The molecule has 2 N–H and O–H groups in total. The van der Waals surface area contributed by atoms with Crippen molar-refractivity contribution in [2.75, 3.05) is 7.11 Å². The third kappa shape index (κ3) is 3.28. The van der Waals surface area contributed by atoms with Gasteiger partial charge in [-0.3, -0.25) is 9.78 Å². The van der Waals surface area contributed by atoms with Crippen LogP contribution in [0.15, 0.2) is 71.5 Å². The number of methoxy groups -OCH3 is 1. The highest BCUT2D eigenvalue weighted by Gasteiger charge is 2.78. The molecule has 0 unspecified atom stereocenters. The van der Waals surface area contributed by atoms with Gasteiger partial charge in [0.05, 0.1) is 31.0 Å². The molecular formula is C31H31BrN2O5. The van der Waals surface area contributed by atoms with Gasteiger partial charge in [0.1, 0.15) is 17.6 Å². The standard InChI is InChI=1S/C31H31BrN2O5/c1-38-23-16-33-17-24-27(23)30(37)28(35)25(29(36)34-21-8-5-9-22(34)15-14-21)26(18-6-3-2-4-7-18)31(30,39-24)19-10-12-20(32)13-11-19/h2-4,6-7,10-13,16-17,21-22,25-26,28,35,37H,5,8-9,14-15H2,1H3/t21-,22+,25-,26-,28-,30+,31+/m1/s1. The normalized spacial score (nSPS) is 34.4. The molecule has 4 heterocycles. The van der Waals surface area contributed by atoms with E-state index in [1.807, 2.05) is 59.5 Å². The minimum absolute atomic E-state index is 0.110. The van der Waals surface area contributed by atoms with Crippen LogP contribution in [0.1, 0.15) is 54.7 Å². The summed E-state index contributed by atoms with van der Waals surface area (Å²) in [5.74, 6) is -1.09. The number of piperidine rings is 1. The van der Waals surface area contributed by atoms with Gasteiger partial charge in [-0.1, -0.05) is 58.4 Å². The average Bonchev–Trinajstić information content (AvgIpc) is 3.46. The number of aliphatic hydroxyl groups excluding tert-OH is 1. The molecule has 2 aromatic carbocycles. The molecule has 1 aromatic heterocycles. The van der Waals surface area contributed by atoms with Crippen LogP contribution in [0.2, 0.25) is 0 Å². The van der Waals surface area contributed by atoms with Gasteiger partial charge in [0.2, 0.25) is 5.91 Å². The quantitative estimate of drug-likeness (QED) is 0.460. The topological polar surface area (TPSA) is 92.1 Å². The summed E-state index contributed by atoms with van der Waals surface area (Å²) in [6, 6.07) is 17.6. The maximum absolute atomic E-state index is 14.7. The fourth-order valence-electron chi connectivity index (χ4n) is 8.02. The molecule has 39 heavy (non-hydrogen) atoms. The largest absolute Gasteiger partial charge is 0.495 e. The van der Waals surface area contributed by atoms with Crippen LogP contribution in [0.4, 0.5) is 0 Å². The van der Waals surface area contributed by atoms with Gasteiger partial charge in [0.25, 0.3) is 0 Å². The number of amides is 1. The minimum Gasteiger partial charge on any atom is -0.495 e. The number of aromatic nitrogens is 1. The Hall–Kier alpha value is -2.94. The summed E-state index contributed by atoms with van der Waals surface area (Å²) >= 11 is 3.52. The van der Waals surface area contributed by atoms with Gasteiger partial charge in [0.15, 0.2) is 11.2 Å². The van der Waals surface area contributed by atoms with E-state index < -0.39 is 29.1 Å². The zero-order valence-corrected chi connectivity index (χ0v) is 23.3. The Kier molecular flexibility index (Phi) is 5.81. The van der Waals surface area contributed by atoms with Crippen molar-refractivity contribution < 1.29 is 24.5 Å². The van der Waals surface area contributed by atoms with Crippen molar-refractivity contribution in [3.05, 3.63) is 88.2 Å². The summed E-state index contributed by atoms with van der Waals surface area (Å²) in [7, 11) is 1.50. The van der Waals surface area contributed by atoms with E-state index >= 15 is 0 Å². The van der Waals surface area contributed by atoms with Gasteiger partial charge < -0.3 is 24.6 Å². The molecule has 3 aromatic rings. The first-order chi connectivity index (χ1) is 18.9. The molecule has 1 saturated carbocycles. The van der Waals surface area contributed by atoms with Crippen molar-refractivity contribution in [3.63, 3.8) is 0 Å². The van der Waals surface area contributed by atoms with Crippen LogP contribution in [-0.4, -0.2) is 51.3 Å². The molecule has 1 amide bonds. The number of rotatable bonds is 4. The predicted octanol–water partition coefficient (Wildman–Crippen LogP) is 4.65. The number of hydrogen-bond acceptors (Lipinski definition) is 6. The lowest BCUT2D eigenvalue weighted by Crippen LogP contribution is -2.52. The summed E-state index contributed by atoms with van der Waals surface area (Å²) in [5, 5.41) is 25.3. The highest BCUT2D eigenvalue weighted by Crippen LogP contribution is 2.70. The first-order valence-electron chi connectivity index (χ1n) is 13.7. The Morgan fingerprint density at radius 1 is 1.05 bits per heavy atom. The average molecular weight is 592 g/mol. The van der Waals surface area contributed by atoms with E-state index in [0.29, 0.717) is 22.6 Å². The maximum atomic E-state index is 14.7. The number of halogens is 1. The number of hydrogen-bond donors (Lipinski definition) is 2. The number of aliphatic hydroxyl groups is 2. The Morgan fingerprint density at radius 3 is 2.41 bits per heavy atom.